The zero-order valence-electron chi connectivity index (χ0n) is 17.6. The number of aromatic nitrogens is 1. The van der Waals surface area contributed by atoms with Crippen LogP contribution in [0.15, 0.2) is 24.3 Å². The van der Waals surface area contributed by atoms with Gasteiger partial charge in [-0.1, -0.05) is 19.1 Å². The Morgan fingerprint density at radius 2 is 1.79 bits per heavy atom. The molecule has 0 amide bonds. The lowest BCUT2D eigenvalue weighted by Gasteiger charge is -2.19. The molecular weight excluding hydrogens is 370 g/mol. The molecule has 5 heteroatoms. The highest BCUT2D eigenvalue weighted by Crippen LogP contribution is 2.42. The standard InChI is InChI=1S/C23H27NO3S/c1-8-17-13(2)18-19(15-9-11-16(26-7)12-10-15)20(22(25)27-23(4,5)6)28-21(18)24-14(17)3/h9-12H,8H2,1-7H3. The quantitative estimate of drug-likeness (QED) is 0.499. The van der Waals surface area contributed by atoms with E-state index in [1.165, 1.54) is 22.5 Å². The predicted octanol–water partition coefficient (Wildman–Crippen LogP) is 6.11. The van der Waals surface area contributed by atoms with Gasteiger partial charge in [-0.15, -0.1) is 11.3 Å². The Bertz CT molecular complexity index is 1030. The van der Waals surface area contributed by atoms with Crippen LogP contribution in [0.2, 0.25) is 0 Å². The van der Waals surface area contributed by atoms with Gasteiger partial charge in [0.15, 0.2) is 0 Å². The number of hydrogen-bond acceptors (Lipinski definition) is 5. The largest absolute Gasteiger partial charge is 0.497 e. The summed E-state index contributed by atoms with van der Waals surface area (Å²) in [6.07, 6.45) is 0.903. The third-order valence-electron chi connectivity index (χ3n) is 4.74. The summed E-state index contributed by atoms with van der Waals surface area (Å²) in [5.41, 5.74) is 4.74. The molecule has 0 bridgehead atoms. The third kappa shape index (κ3) is 3.76. The number of rotatable bonds is 4. The van der Waals surface area contributed by atoms with Crippen molar-refractivity contribution in [1.29, 1.82) is 0 Å². The number of carbonyl (C=O) groups is 1. The molecule has 0 aliphatic carbocycles. The van der Waals surface area contributed by atoms with E-state index in [2.05, 4.69) is 13.8 Å². The zero-order chi connectivity index (χ0) is 20.6. The molecule has 3 rings (SSSR count). The van der Waals surface area contributed by atoms with Gasteiger partial charge in [0.2, 0.25) is 0 Å². The van der Waals surface area contributed by atoms with Gasteiger partial charge in [0.25, 0.3) is 0 Å². The molecule has 4 nitrogen and oxygen atoms in total. The molecule has 0 aliphatic heterocycles. The SMILES string of the molecule is CCc1c(C)nc2sc(C(=O)OC(C)(C)C)c(-c3ccc(OC)cc3)c2c1C. The summed E-state index contributed by atoms with van der Waals surface area (Å²) >= 11 is 1.41. The van der Waals surface area contributed by atoms with E-state index in [0.29, 0.717) is 4.88 Å². The Balaban J connectivity index is 2.32. The van der Waals surface area contributed by atoms with Crippen LogP contribution in [0.5, 0.6) is 5.75 Å². The van der Waals surface area contributed by atoms with Crippen molar-refractivity contribution < 1.29 is 14.3 Å². The first-order valence-corrected chi connectivity index (χ1v) is 10.3. The summed E-state index contributed by atoms with van der Waals surface area (Å²) in [4.78, 5) is 19.3. The van der Waals surface area contributed by atoms with Crippen LogP contribution in [0.1, 0.15) is 54.2 Å². The van der Waals surface area contributed by atoms with Crippen LogP contribution in [-0.2, 0) is 11.2 Å². The number of carbonyl (C=O) groups excluding carboxylic acids is 1. The molecule has 0 aliphatic rings. The number of fused-ring (bicyclic) bond motifs is 1. The Morgan fingerprint density at radius 3 is 2.32 bits per heavy atom. The first kappa shape index (κ1) is 20.3. The van der Waals surface area contributed by atoms with E-state index in [0.717, 1.165) is 39.2 Å². The van der Waals surface area contributed by atoms with Crippen molar-refractivity contribution in [2.24, 2.45) is 0 Å². The van der Waals surface area contributed by atoms with Crippen molar-refractivity contribution in [3.8, 4) is 16.9 Å². The van der Waals surface area contributed by atoms with E-state index in [-0.39, 0.29) is 5.97 Å². The number of ether oxygens (including phenoxy) is 2. The summed E-state index contributed by atoms with van der Waals surface area (Å²) in [5.74, 6) is 0.471. The number of thiophene rings is 1. The molecule has 2 aromatic heterocycles. The van der Waals surface area contributed by atoms with Crippen LogP contribution in [0, 0.1) is 13.8 Å². The van der Waals surface area contributed by atoms with Gasteiger partial charge in [0, 0.05) is 16.6 Å². The third-order valence-corrected chi connectivity index (χ3v) is 5.80. The smallest absolute Gasteiger partial charge is 0.349 e. The molecule has 0 atom stereocenters. The Labute approximate surface area is 170 Å². The minimum Gasteiger partial charge on any atom is -0.497 e. The number of methoxy groups -OCH3 is 1. The maximum atomic E-state index is 13.0. The van der Waals surface area contributed by atoms with E-state index in [4.69, 9.17) is 14.5 Å². The highest BCUT2D eigenvalue weighted by atomic mass is 32.1. The van der Waals surface area contributed by atoms with Crippen LogP contribution >= 0.6 is 11.3 Å². The highest BCUT2D eigenvalue weighted by molar-refractivity contribution is 7.21. The van der Waals surface area contributed by atoms with Crippen molar-refractivity contribution in [1.82, 2.24) is 4.98 Å². The van der Waals surface area contributed by atoms with Gasteiger partial charge in [0.05, 0.1) is 7.11 Å². The highest BCUT2D eigenvalue weighted by Gasteiger charge is 2.27. The summed E-state index contributed by atoms with van der Waals surface area (Å²) in [5, 5.41) is 1.04. The molecule has 0 saturated carbocycles. The summed E-state index contributed by atoms with van der Waals surface area (Å²) < 4.78 is 11.0. The van der Waals surface area contributed by atoms with Crippen LogP contribution < -0.4 is 4.74 Å². The number of benzene rings is 1. The molecule has 3 aromatic rings. The lowest BCUT2D eigenvalue weighted by atomic mass is 9.96. The summed E-state index contributed by atoms with van der Waals surface area (Å²) in [6.45, 7) is 11.9. The van der Waals surface area contributed by atoms with E-state index in [9.17, 15) is 4.79 Å². The van der Waals surface area contributed by atoms with Gasteiger partial charge in [-0.05, 0) is 69.9 Å². The van der Waals surface area contributed by atoms with Crippen LogP contribution in [0.4, 0.5) is 0 Å². The molecule has 0 radical (unpaired) electrons. The minimum atomic E-state index is -0.558. The number of aryl methyl sites for hydroxylation is 2. The summed E-state index contributed by atoms with van der Waals surface area (Å²) in [7, 11) is 1.64. The lowest BCUT2D eigenvalue weighted by Crippen LogP contribution is -2.23. The normalized spacial score (nSPS) is 11.7. The zero-order valence-corrected chi connectivity index (χ0v) is 18.4. The first-order valence-electron chi connectivity index (χ1n) is 9.46. The topological polar surface area (TPSA) is 48.4 Å². The van der Waals surface area contributed by atoms with E-state index >= 15 is 0 Å². The van der Waals surface area contributed by atoms with Crippen molar-refractivity contribution in [2.45, 2.75) is 53.6 Å². The predicted molar refractivity (Wildman–Crippen MR) is 116 cm³/mol. The number of hydrogen-bond donors (Lipinski definition) is 0. The summed E-state index contributed by atoms with van der Waals surface area (Å²) in [6, 6.07) is 7.79. The van der Waals surface area contributed by atoms with Crippen molar-refractivity contribution >= 4 is 27.5 Å². The van der Waals surface area contributed by atoms with Crippen molar-refractivity contribution in [3.63, 3.8) is 0 Å². The second-order valence-corrected chi connectivity index (χ2v) is 8.87. The molecule has 1 aromatic carbocycles. The maximum absolute atomic E-state index is 13.0. The van der Waals surface area contributed by atoms with Gasteiger partial charge in [-0.2, -0.15) is 0 Å². The number of pyridine rings is 1. The molecular formula is C23H27NO3S. The molecule has 0 N–H and O–H groups in total. The van der Waals surface area contributed by atoms with Crippen LogP contribution in [0.25, 0.3) is 21.3 Å². The minimum absolute atomic E-state index is 0.309. The van der Waals surface area contributed by atoms with Crippen LogP contribution in [-0.4, -0.2) is 23.7 Å². The molecule has 28 heavy (non-hydrogen) atoms. The fourth-order valence-corrected chi connectivity index (χ4v) is 4.69. The Hall–Kier alpha value is -2.40. The van der Waals surface area contributed by atoms with Gasteiger partial charge in [0.1, 0.15) is 21.1 Å². The molecule has 0 spiro atoms. The van der Waals surface area contributed by atoms with Gasteiger partial charge in [-0.25, -0.2) is 9.78 Å². The first-order chi connectivity index (χ1) is 13.2. The second-order valence-electron chi connectivity index (χ2n) is 7.87. The van der Waals surface area contributed by atoms with E-state index in [1.54, 1.807) is 7.11 Å². The fourth-order valence-electron chi connectivity index (χ4n) is 3.51. The van der Waals surface area contributed by atoms with E-state index in [1.807, 2.05) is 52.0 Å². The van der Waals surface area contributed by atoms with Crippen molar-refractivity contribution in [2.75, 3.05) is 7.11 Å². The van der Waals surface area contributed by atoms with Crippen molar-refractivity contribution in [3.05, 3.63) is 46.0 Å². The maximum Gasteiger partial charge on any atom is 0.349 e. The fraction of sp³-hybridized carbons (Fsp3) is 0.391. The van der Waals surface area contributed by atoms with Gasteiger partial charge in [-0.3, -0.25) is 0 Å². The Kier molecular flexibility index (Phi) is 5.48. The van der Waals surface area contributed by atoms with Crippen LogP contribution in [0.3, 0.4) is 0 Å². The molecule has 0 unspecified atom stereocenters. The monoisotopic (exact) mass is 397 g/mol. The second kappa shape index (κ2) is 7.55. The molecule has 148 valence electrons. The average molecular weight is 398 g/mol. The molecule has 0 fully saturated rings. The number of esters is 1. The molecule has 0 saturated heterocycles. The molecule has 2 heterocycles. The number of nitrogens with zero attached hydrogens (tertiary/aromatic N) is 1. The van der Waals surface area contributed by atoms with E-state index < -0.39 is 5.60 Å². The Morgan fingerprint density at radius 1 is 1.14 bits per heavy atom. The van der Waals surface area contributed by atoms with Gasteiger partial charge >= 0.3 is 5.97 Å². The lowest BCUT2D eigenvalue weighted by molar-refractivity contribution is 0.00761. The van der Waals surface area contributed by atoms with Gasteiger partial charge < -0.3 is 9.47 Å². The average Bonchev–Trinajstić information content (AvgIpc) is 3.00.